The molecular formula is C21H22N4O2. The standard InChI is InChI=1S/C21H22N4O2/c1-16(20-22-19(23-27-20)17-8-4-2-5-9-17)24-12-14-25(15-13-24)21(26)18-10-6-3-7-11-18/h2-11,16H,12-15H2,1H3. The van der Waals surface area contributed by atoms with E-state index in [-0.39, 0.29) is 11.9 Å². The summed E-state index contributed by atoms with van der Waals surface area (Å²) in [4.78, 5) is 21.3. The number of rotatable bonds is 4. The van der Waals surface area contributed by atoms with Crippen molar-refractivity contribution < 1.29 is 9.32 Å². The molecule has 138 valence electrons. The Hall–Kier alpha value is -2.99. The Morgan fingerprint density at radius 3 is 2.26 bits per heavy atom. The summed E-state index contributed by atoms with van der Waals surface area (Å²) in [5.74, 6) is 1.30. The van der Waals surface area contributed by atoms with E-state index >= 15 is 0 Å². The number of hydrogen-bond donors (Lipinski definition) is 0. The fraction of sp³-hybridized carbons (Fsp3) is 0.286. The highest BCUT2D eigenvalue weighted by molar-refractivity contribution is 5.94. The van der Waals surface area contributed by atoms with Gasteiger partial charge in [0.25, 0.3) is 5.91 Å². The third-order valence-corrected chi connectivity index (χ3v) is 5.00. The number of carbonyl (C=O) groups excluding carboxylic acids is 1. The van der Waals surface area contributed by atoms with Crippen LogP contribution in [0.25, 0.3) is 11.4 Å². The Labute approximate surface area is 158 Å². The molecular weight excluding hydrogens is 340 g/mol. The predicted molar refractivity (Wildman–Crippen MR) is 102 cm³/mol. The highest BCUT2D eigenvalue weighted by atomic mass is 16.5. The lowest BCUT2D eigenvalue weighted by Crippen LogP contribution is -2.49. The number of carbonyl (C=O) groups is 1. The summed E-state index contributed by atoms with van der Waals surface area (Å²) >= 11 is 0. The van der Waals surface area contributed by atoms with E-state index in [1.807, 2.05) is 65.6 Å². The van der Waals surface area contributed by atoms with Gasteiger partial charge < -0.3 is 9.42 Å². The average Bonchev–Trinajstić information content (AvgIpc) is 3.24. The van der Waals surface area contributed by atoms with Gasteiger partial charge in [-0.15, -0.1) is 0 Å². The van der Waals surface area contributed by atoms with Crippen molar-refractivity contribution in [1.29, 1.82) is 0 Å². The Kier molecular flexibility index (Phi) is 4.98. The minimum Gasteiger partial charge on any atom is -0.337 e. The molecule has 2 heterocycles. The van der Waals surface area contributed by atoms with Gasteiger partial charge in [-0.2, -0.15) is 4.98 Å². The van der Waals surface area contributed by atoms with Gasteiger partial charge in [-0.25, -0.2) is 0 Å². The largest absolute Gasteiger partial charge is 0.337 e. The van der Waals surface area contributed by atoms with Crippen LogP contribution in [-0.2, 0) is 0 Å². The molecule has 1 unspecified atom stereocenters. The molecule has 1 saturated heterocycles. The first-order valence-electron chi connectivity index (χ1n) is 9.20. The summed E-state index contributed by atoms with van der Waals surface area (Å²) in [5.41, 5.74) is 1.68. The second-order valence-corrected chi connectivity index (χ2v) is 6.69. The normalized spacial score (nSPS) is 16.3. The van der Waals surface area contributed by atoms with Crippen molar-refractivity contribution in [2.75, 3.05) is 26.2 Å². The number of hydrogen-bond acceptors (Lipinski definition) is 5. The molecule has 0 saturated carbocycles. The van der Waals surface area contributed by atoms with E-state index in [0.29, 0.717) is 24.8 Å². The summed E-state index contributed by atoms with van der Waals surface area (Å²) in [5, 5.41) is 4.11. The molecule has 0 N–H and O–H groups in total. The molecule has 4 rings (SSSR count). The van der Waals surface area contributed by atoms with Crippen molar-refractivity contribution in [3.8, 4) is 11.4 Å². The molecule has 1 aliphatic rings. The van der Waals surface area contributed by atoms with E-state index in [1.165, 1.54) is 0 Å². The van der Waals surface area contributed by atoms with Crippen molar-refractivity contribution in [2.24, 2.45) is 0 Å². The van der Waals surface area contributed by atoms with E-state index in [0.717, 1.165) is 24.2 Å². The molecule has 0 aliphatic carbocycles. The van der Waals surface area contributed by atoms with E-state index in [2.05, 4.69) is 22.0 Å². The van der Waals surface area contributed by atoms with E-state index in [4.69, 9.17) is 4.52 Å². The van der Waals surface area contributed by atoms with Gasteiger partial charge in [-0.3, -0.25) is 9.69 Å². The van der Waals surface area contributed by atoms with Crippen molar-refractivity contribution in [3.63, 3.8) is 0 Å². The third-order valence-electron chi connectivity index (χ3n) is 5.00. The molecule has 1 amide bonds. The minimum absolute atomic E-state index is 0.0175. The first-order chi connectivity index (χ1) is 13.2. The van der Waals surface area contributed by atoms with Crippen molar-refractivity contribution in [2.45, 2.75) is 13.0 Å². The molecule has 6 nitrogen and oxygen atoms in total. The Morgan fingerprint density at radius 2 is 1.59 bits per heavy atom. The lowest BCUT2D eigenvalue weighted by atomic mass is 10.1. The summed E-state index contributed by atoms with van der Waals surface area (Å²) in [7, 11) is 0. The monoisotopic (exact) mass is 362 g/mol. The number of piperazine rings is 1. The van der Waals surface area contributed by atoms with E-state index in [1.54, 1.807) is 0 Å². The van der Waals surface area contributed by atoms with Gasteiger partial charge >= 0.3 is 0 Å². The molecule has 3 aromatic rings. The highest BCUT2D eigenvalue weighted by Crippen LogP contribution is 2.23. The number of benzene rings is 2. The van der Waals surface area contributed by atoms with Crippen molar-refractivity contribution >= 4 is 5.91 Å². The highest BCUT2D eigenvalue weighted by Gasteiger charge is 2.28. The molecule has 1 aliphatic heterocycles. The van der Waals surface area contributed by atoms with Crippen LogP contribution in [0.3, 0.4) is 0 Å². The van der Waals surface area contributed by atoms with Crippen LogP contribution in [0, 0.1) is 0 Å². The maximum Gasteiger partial charge on any atom is 0.253 e. The fourth-order valence-electron chi connectivity index (χ4n) is 3.34. The van der Waals surface area contributed by atoms with Gasteiger partial charge in [0.2, 0.25) is 11.7 Å². The van der Waals surface area contributed by atoms with Crippen LogP contribution in [0.5, 0.6) is 0 Å². The van der Waals surface area contributed by atoms with Crippen molar-refractivity contribution in [3.05, 3.63) is 72.1 Å². The molecule has 1 aromatic heterocycles. The fourth-order valence-corrected chi connectivity index (χ4v) is 3.34. The van der Waals surface area contributed by atoms with Gasteiger partial charge in [-0.05, 0) is 19.1 Å². The Balaban J connectivity index is 1.38. The number of aromatic nitrogens is 2. The molecule has 1 fully saturated rings. The molecule has 0 spiro atoms. The molecule has 1 atom stereocenters. The second-order valence-electron chi connectivity index (χ2n) is 6.69. The topological polar surface area (TPSA) is 62.5 Å². The zero-order chi connectivity index (χ0) is 18.6. The summed E-state index contributed by atoms with van der Waals surface area (Å²) in [6.07, 6.45) is 0. The first-order valence-corrected chi connectivity index (χ1v) is 9.20. The van der Waals surface area contributed by atoms with Gasteiger partial charge in [0.15, 0.2) is 0 Å². The van der Waals surface area contributed by atoms with Crippen LogP contribution in [-0.4, -0.2) is 52.0 Å². The molecule has 0 bridgehead atoms. The SMILES string of the molecule is CC(c1nc(-c2ccccc2)no1)N1CCN(C(=O)c2ccccc2)CC1. The van der Waals surface area contributed by atoms with Gasteiger partial charge in [-0.1, -0.05) is 53.7 Å². The summed E-state index contributed by atoms with van der Waals surface area (Å²) in [6, 6.07) is 19.3. The first kappa shape index (κ1) is 17.4. The van der Waals surface area contributed by atoms with E-state index in [9.17, 15) is 4.79 Å². The molecule has 0 radical (unpaired) electrons. The van der Waals surface area contributed by atoms with E-state index < -0.39 is 0 Å². The minimum atomic E-state index is 0.0175. The van der Waals surface area contributed by atoms with Crippen LogP contribution in [0.1, 0.15) is 29.2 Å². The van der Waals surface area contributed by atoms with Crippen LogP contribution >= 0.6 is 0 Å². The Bertz CT molecular complexity index is 887. The Morgan fingerprint density at radius 1 is 0.963 bits per heavy atom. The lowest BCUT2D eigenvalue weighted by Gasteiger charge is -2.36. The number of amides is 1. The smallest absolute Gasteiger partial charge is 0.253 e. The maximum absolute atomic E-state index is 12.6. The van der Waals surface area contributed by atoms with Crippen LogP contribution in [0.15, 0.2) is 65.2 Å². The zero-order valence-electron chi connectivity index (χ0n) is 15.3. The van der Waals surface area contributed by atoms with Gasteiger partial charge in [0.05, 0.1) is 6.04 Å². The number of nitrogens with zero attached hydrogens (tertiary/aromatic N) is 4. The second kappa shape index (κ2) is 7.72. The van der Waals surface area contributed by atoms with Gasteiger partial charge in [0, 0.05) is 37.3 Å². The molecule has 27 heavy (non-hydrogen) atoms. The zero-order valence-corrected chi connectivity index (χ0v) is 15.3. The molecule has 2 aromatic carbocycles. The van der Waals surface area contributed by atoms with Crippen LogP contribution in [0.2, 0.25) is 0 Å². The summed E-state index contributed by atoms with van der Waals surface area (Å²) < 4.78 is 5.49. The van der Waals surface area contributed by atoms with Crippen molar-refractivity contribution in [1.82, 2.24) is 19.9 Å². The van der Waals surface area contributed by atoms with Crippen LogP contribution < -0.4 is 0 Å². The molecule has 6 heteroatoms. The quantitative estimate of drug-likeness (QED) is 0.713. The predicted octanol–water partition coefficient (Wildman–Crippen LogP) is 3.26. The van der Waals surface area contributed by atoms with Crippen LogP contribution in [0.4, 0.5) is 0 Å². The lowest BCUT2D eigenvalue weighted by molar-refractivity contribution is 0.0551. The summed E-state index contributed by atoms with van der Waals surface area (Å²) in [6.45, 7) is 5.01. The average molecular weight is 362 g/mol. The third kappa shape index (κ3) is 3.75. The maximum atomic E-state index is 12.6. The van der Waals surface area contributed by atoms with Gasteiger partial charge in [0.1, 0.15) is 0 Å².